The zero-order valence-electron chi connectivity index (χ0n) is 35.0. The van der Waals surface area contributed by atoms with Crippen LogP contribution in [0, 0.1) is 6.92 Å². The predicted octanol–water partition coefficient (Wildman–Crippen LogP) is 14.7. The quantitative estimate of drug-likeness (QED) is 0.109. The molecule has 0 aromatic heterocycles. The number of benzene rings is 7. The molecule has 0 amide bonds. The summed E-state index contributed by atoms with van der Waals surface area (Å²) < 4.78 is 0. The second-order valence-electron chi connectivity index (χ2n) is 14.9. The van der Waals surface area contributed by atoms with Crippen LogP contribution in [-0.2, 0) is 12.1 Å². The van der Waals surface area contributed by atoms with Gasteiger partial charge in [-0.2, -0.15) is 0 Å². The number of rotatable bonds is 10. The van der Waals surface area contributed by atoms with Gasteiger partial charge < -0.3 is 0 Å². The number of hydrogen-bond donors (Lipinski definition) is 1. The Morgan fingerprint density at radius 3 is 1.90 bits per heavy atom. The van der Waals surface area contributed by atoms with Gasteiger partial charge in [-0.25, -0.2) is 0 Å². The van der Waals surface area contributed by atoms with E-state index in [4.69, 9.17) is 4.99 Å². The van der Waals surface area contributed by atoms with E-state index in [1.54, 1.807) is 0 Å². The van der Waals surface area contributed by atoms with Gasteiger partial charge >= 0.3 is 0 Å². The third-order valence-corrected chi connectivity index (χ3v) is 11.4. The Balaban J connectivity index is 0.00000268. The topological polar surface area (TPSA) is 24.4 Å². The van der Waals surface area contributed by atoms with Crippen molar-refractivity contribution in [1.29, 1.82) is 0 Å². The zero-order valence-corrected chi connectivity index (χ0v) is 35.0. The molecule has 0 saturated heterocycles. The minimum atomic E-state index is -0.837. The first-order valence-electron chi connectivity index (χ1n) is 20.5. The fourth-order valence-corrected chi connectivity index (χ4v) is 8.38. The number of aryl methyl sites for hydroxylation is 1. The molecule has 2 nitrogen and oxygen atoms in total. The van der Waals surface area contributed by atoms with Crippen LogP contribution in [0.3, 0.4) is 0 Å². The molecule has 1 unspecified atom stereocenters. The first-order chi connectivity index (χ1) is 29.4. The van der Waals surface area contributed by atoms with Crippen LogP contribution in [0.1, 0.15) is 45.9 Å². The molecule has 2 heteroatoms. The average molecular weight is 777 g/mol. The molecule has 294 valence electrons. The second kappa shape index (κ2) is 18.6. The lowest BCUT2D eigenvalue weighted by molar-refractivity contribution is 0.461. The Hall–Kier alpha value is -7.13. The fourth-order valence-electron chi connectivity index (χ4n) is 8.38. The van der Waals surface area contributed by atoms with Crippen molar-refractivity contribution in [1.82, 2.24) is 5.32 Å². The molecule has 0 fully saturated rings. The summed E-state index contributed by atoms with van der Waals surface area (Å²) in [5.41, 5.74) is 18.4. The molecular weight excluding hydrogens is 725 g/mol. The van der Waals surface area contributed by atoms with Crippen molar-refractivity contribution in [3.63, 3.8) is 0 Å². The van der Waals surface area contributed by atoms with Gasteiger partial charge in [-0.1, -0.05) is 195 Å². The predicted molar refractivity (Wildman–Crippen MR) is 260 cm³/mol. The van der Waals surface area contributed by atoms with Crippen LogP contribution in [0.25, 0.3) is 56.2 Å². The molecular formula is C58H52N2. The van der Waals surface area contributed by atoms with Crippen molar-refractivity contribution >= 4 is 17.4 Å². The molecule has 0 heterocycles. The van der Waals surface area contributed by atoms with Crippen LogP contribution in [0.15, 0.2) is 219 Å². The number of nitrogens with zero attached hydrogens (tertiary/aromatic N) is 1. The summed E-state index contributed by atoms with van der Waals surface area (Å²) in [7, 11) is 2.00. The lowest BCUT2D eigenvalue weighted by Gasteiger charge is -2.32. The van der Waals surface area contributed by atoms with E-state index in [9.17, 15) is 0 Å². The van der Waals surface area contributed by atoms with Gasteiger partial charge in [0.05, 0.1) is 0 Å². The van der Waals surface area contributed by atoms with Crippen molar-refractivity contribution in [2.24, 2.45) is 4.99 Å². The highest BCUT2D eigenvalue weighted by Crippen LogP contribution is 2.42. The summed E-state index contributed by atoms with van der Waals surface area (Å²) in [5.74, 6) is 0. The van der Waals surface area contributed by atoms with E-state index in [0.29, 0.717) is 0 Å². The highest BCUT2D eigenvalue weighted by Gasteiger charge is 2.33. The molecule has 1 N–H and O–H groups in total. The number of allylic oxidation sites excluding steroid dienone is 5. The lowest BCUT2D eigenvalue weighted by atomic mass is 9.83. The van der Waals surface area contributed by atoms with Crippen LogP contribution in [0.5, 0.6) is 0 Å². The molecule has 0 radical (unpaired) electrons. The second-order valence-corrected chi connectivity index (χ2v) is 14.9. The number of nitrogens with one attached hydrogen (secondary N) is 1. The van der Waals surface area contributed by atoms with Gasteiger partial charge in [-0.3, -0.25) is 10.3 Å². The molecule has 1 aliphatic rings. The van der Waals surface area contributed by atoms with Gasteiger partial charge in [0.25, 0.3) is 0 Å². The molecule has 0 spiro atoms. The van der Waals surface area contributed by atoms with Gasteiger partial charge in [0.1, 0.15) is 0 Å². The molecule has 0 bridgehead atoms. The van der Waals surface area contributed by atoms with Crippen LogP contribution in [-0.4, -0.2) is 12.8 Å². The van der Waals surface area contributed by atoms with Crippen molar-refractivity contribution in [3.8, 4) is 44.5 Å². The molecule has 1 aliphatic carbocycles. The summed E-state index contributed by atoms with van der Waals surface area (Å²) in [6, 6.07) is 58.5. The SMILES string of the molecule is C=C.C=Cc1cccc(-c2cccc3c2C(=C)/C=C\C=C/C3)c1-c1ccc(/C(C)=N/C(NC)(c2ccccc2)c2cccc(-c3ccc(-c4ccccc4)cc3)c2)cc1C. The molecule has 7 aromatic carbocycles. The Bertz CT molecular complexity index is 2730. The maximum Gasteiger partial charge on any atom is 0.162 e. The normalized spacial score (nSPS) is 14.3. The minimum Gasteiger partial charge on any atom is -0.289 e. The van der Waals surface area contributed by atoms with E-state index < -0.39 is 5.66 Å². The third-order valence-electron chi connectivity index (χ3n) is 11.4. The Kier molecular flexibility index (Phi) is 12.7. The van der Waals surface area contributed by atoms with E-state index in [2.05, 4.69) is 234 Å². The number of hydrogen-bond acceptors (Lipinski definition) is 2. The first-order valence-corrected chi connectivity index (χ1v) is 20.5. The lowest BCUT2D eigenvalue weighted by Crippen LogP contribution is -2.40. The molecule has 8 rings (SSSR count). The molecule has 0 aliphatic heterocycles. The highest BCUT2D eigenvalue weighted by atomic mass is 15.1. The molecule has 7 aromatic rings. The molecule has 1 atom stereocenters. The maximum atomic E-state index is 5.61. The summed E-state index contributed by atoms with van der Waals surface area (Å²) in [5, 5.41) is 3.67. The fraction of sp³-hybridized carbons (Fsp3) is 0.0862. The van der Waals surface area contributed by atoms with Crippen molar-refractivity contribution in [2.45, 2.75) is 25.9 Å². The van der Waals surface area contributed by atoms with E-state index in [0.717, 1.165) is 51.1 Å². The van der Waals surface area contributed by atoms with E-state index in [1.807, 2.05) is 13.1 Å². The summed E-state index contributed by atoms with van der Waals surface area (Å²) >= 11 is 0. The van der Waals surface area contributed by atoms with Crippen LogP contribution < -0.4 is 5.32 Å². The highest BCUT2D eigenvalue weighted by molar-refractivity contribution is 6.01. The van der Waals surface area contributed by atoms with Crippen LogP contribution in [0.4, 0.5) is 0 Å². The van der Waals surface area contributed by atoms with Crippen molar-refractivity contribution < 1.29 is 0 Å². The molecule has 60 heavy (non-hydrogen) atoms. The standard InChI is InChI=1S/C56H48N2.C2H4/c1-6-42-23-17-30-53(52-29-18-24-46-22-13-7-10-19-39(2)54(46)52)55(42)51-36-35-47(37-40(51)3)41(4)58-56(57-5,49-26-14-9-15-27-49)50-28-16-25-48(38-50)45-33-31-44(32-34-45)43-20-11-8-12-21-43;1-2/h6-21,23-38,57H,1-2,22H2,3-5H3;1-2H2/b13-7-,19-10-,58-41+;. The van der Waals surface area contributed by atoms with E-state index >= 15 is 0 Å². The molecule has 0 saturated carbocycles. The Morgan fingerprint density at radius 2 is 1.22 bits per heavy atom. The Labute approximate surface area is 357 Å². The van der Waals surface area contributed by atoms with Gasteiger partial charge in [0.2, 0.25) is 0 Å². The first kappa shape index (κ1) is 41.0. The number of fused-ring (bicyclic) bond motifs is 1. The smallest absolute Gasteiger partial charge is 0.162 e. The van der Waals surface area contributed by atoms with E-state index in [1.165, 1.54) is 50.1 Å². The van der Waals surface area contributed by atoms with Crippen molar-refractivity contribution in [2.75, 3.05) is 7.05 Å². The van der Waals surface area contributed by atoms with Gasteiger partial charge in [0, 0.05) is 5.71 Å². The minimum absolute atomic E-state index is 0.837. The summed E-state index contributed by atoms with van der Waals surface area (Å²) in [6.07, 6.45) is 11.3. The van der Waals surface area contributed by atoms with Gasteiger partial charge in [-0.15, -0.1) is 13.2 Å². The summed E-state index contributed by atoms with van der Waals surface area (Å²) in [4.78, 5) is 5.61. The van der Waals surface area contributed by atoms with Gasteiger partial charge in [-0.05, 0) is 128 Å². The van der Waals surface area contributed by atoms with Crippen molar-refractivity contribution in [3.05, 3.63) is 253 Å². The zero-order chi connectivity index (χ0) is 42.1. The third kappa shape index (κ3) is 8.25. The van der Waals surface area contributed by atoms with Gasteiger partial charge in [0.15, 0.2) is 5.66 Å². The summed E-state index contributed by atoms with van der Waals surface area (Å²) in [6.45, 7) is 19.1. The average Bonchev–Trinajstić information content (AvgIpc) is 3.30. The Morgan fingerprint density at radius 1 is 0.617 bits per heavy atom. The monoisotopic (exact) mass is 776 g/mol. The number of aliphatic imine (C=N–C) groups is 1. The van der Waals surface area contributed by atoms with E-state index in [-0.39, 0.29) is 0 Å². The maximum absolute atomic E-state index is 5.61. The van der Waals surface area contributed by atoms with Crippen LogP contribution in [0.2, 0.25) is 0 Å². The largest absolute Gasteiger partial charge is 0.289 e. The van der Waals surface area contributed by atoms with Crippen LogP contribution >= 0.6 is 0 Å².